The number of aliphatic hydroxyl groups is 1. The summed E-state index contributed by atoms with van der Waals surface area (Å²) in [7, 11) is 1.60. The van der Waals surface area contributed by atoms with E-state index in [-0.39, 0.29) is 6.61 Å². The number of aliphatic hydroxyl groups excluding tert-OH is 1. The van der Waals surface area contributed by atoms with Crippen molar-refractivity contribution >= 4 is 0 Å². The molecule has 3 heteroatoms. The van der Waals surface area contributed by atoms with E-state index in [0.29, 0.717) is 13.4 Å². The third-order valence-corrected chi connectivity index (χ3v) is 1.35. The number of hydrogen-bond donors (Lipinski definition) is 1. The molecule has 0 rings (SSSR count). The second-order valence-electron chi connectivity index (χ2n) is 2.48. The lowest BCUT2D eigenvalue weighted by Crippen LogP contribution is -1.95. The smallest absolute Gasteiger partial charge is 0.146 e. The molecule has 0 radical (unpaired) electrons. The molecule has 13 heavy (non-hydrogen) atoms. The molecule has 0 aliphatic heterocycles. The van der Waals surface area contributed by atoms with Crippen molar-refractivity contribution < 1.29 is 14.6 Å². The highest BCUT2D eigenvalue weighted by Crippen LogP contribution is 1.92. The average Bonchev–Trinajstić information content (AvgIpc) is 2.16. The highest BCUT2D eigenvalue weighted by atomic mass is 16.7. The first-order chi connectivity index (χ1) is 6.41. The van der Waals surface area contributed by atoms with Gasteiger partial charge < -0.3 is 14.6 Å². The van der Waals surface area contributed by atoms with Crippen molar-refractivity contribution in [2.45, 2.75) is 12.8 Å². The zero-order chi connectivity index (χ0) is 9.78. The molecule has 0 aromatic rings. The molecule has 0 spiro atoms. The molecule has 0 aliphatic rings. The molecule has 0 aliphatic carbocycles. The van der Waals surface area contributed by atoms with Crippen molar-refractivity contribution in [2.75, 3.05) is 27.1 Å². The number of hydrogen-bond acceptors (Lipinski definition) is 3. The van der Waals surface area contributed by atoms with E-state index < -0.39 is 0 Å². The first-order valence-corrected chi connectivity index (χ1v) is 4.39. The maximum absolute atomic E-state index is 8.43. The van der Waals surface area contributed by atoms with E-state index in [4.69, 9.17) is 14.6 Å². The summed E-state index contributed by atoms with van der Waals surface area (Å²) in [4.78, 5) is 0. The van der Waals surface area contributed by atoms with Gasteiger partial charge in [-0.05, 0) is 12.8 Å². The van der Waals surface area contributed by atoms with Gasteiger partial charge in [-0.15, -0.1) is 0 Å². The third-order valence-electron chi connectivity index (χ3n) is 1.35. The summed E-state index contributed by atoms with van der Waals surface area (Å²) in [6.45, 7) is 1.06. The topological polar surface area (TPSA) is 38.7 Å². The molecule has 0 saturated heterocycles. The molecular weight excluding hydrogens is 168 g/mol. The van der Waals surface area contributed by atoms with E-state index in [1.807, 2.05) is 12.2 Å². The molecule has 1 N–H and O–H groups in total. The fourth-order valence-electron chi connectivity index (χ4n) is 0.770. The quantitative estimate of drug-likeness (QED) is 0.354. The Balaban J connectivity index is 3.07. The fourth-order valence-corrected chi connectivity index (χ4v) is 0.770. The maximum atomic E-state index is 8.43. The number of allylic oxidation sites excluding steroid dienone is 2. The summed E-state index contributed by atoms with van der Waals surface area (Å²) in [6, 6.07) is 0. The van der Waals surface area contributed by atoms with E-state index in [2.05, 4.69) is 6.08 Å². The molecule has 0 unspecified atom stereocenters. The normalized spacial score (nSPS) is 11.8. The van der Waals surface area contributed by atoms with Crippen LogP contribution in [0.2, 0.25) is 0 Å². The van der Waals surface area contributed by atoms with Gasteiger partial charge in [-0.25, -0.2) is 0 Å². The van der Waals surface area contributed by atoms with E-state index >= 15 is 0 Å². The summed E-state index contributed by atoms with van der Waals surface area (Å²) in [5.74, 6) is 0. The Kier molecular flexibility index (Phi) is 10.8. The number of rotatable bonds is 8. The predicted molar refractivity (Wildman–Crippen MR) is 52.4 cm³/mol. The van der Waals surface area contributed by atoms with E-state index in [9.17, 15) is 0 Å². The Bertz CT molecular complexity index is 141. The van der Waals surface area contributed by atoms with Gasteiger partial charge in [0.2, 0.25) is 0 Å². The van der Waals surface area contributed by atoms with E-state index in [0.717, 1.165) is 12.8 Å². The van der Waals surface area contributed by atoms with Crippen LogP contribution >= 0.6 is 0 Å². The average molecular weight is 186 g/mol. The van der Waals surface area contributed by atoms with Crippen molar-refractivity contribution in [1.29, 1.82) is 0 Å². The van der Waals surface area contributed by atoms with E-state index in [1.165, 1.54) is 0 Å². The molecular formula is C10H18O3. The monoisotopic (exact) mass is 186 g/mol. The Morgan fingerprint density at radius 1 is 1.08 bits per heavy atom. The second kappa shape index (κ2) is 11.4. The van der Waals surface area contributed by atoms with Crippen LogP contribution in [0.5, 0.6) is 0 Å². The minimum Gasteiger partial charge on any atom is -0.392 e. The van der Waals surface area contributed by atoms with Crippen molar-refractivity contribution in [3.8, 4) is 0 Å². The van der Waals surface area contributed by atoms with Gasteiger partial charge in [0.1, 0.15) is 6.79 Å². The predicted octanol–water partition coefficient (Wildman–Crippen LogP) is 1.49. The van der Waals surface area contributed by atoms with Crippen LogP contribution in [0.4, 0.5) is 0 Å². The van der Waals surface area contributed by atoms with Crippen LogP contribution in [0.3, 0.4) is 0 Å². The molecule has 0 aromatic carbocycles. The number of ether oxygens (including phenoxy) is 2. The Labute approximate surface area is 79.7 Å². The first-order valence-electron chi connectivity index (χ1n) is 4.39. The van der Waals surface area contributed by atoms with Gasteiger partial charge in [0.25, 0.3) is 0 Å². The van der Waals surface area contributed by atoms with Crippen LogP contribution in [0.25, 0.3) is 0 Å². The van der Waals surface area contributed by atoms with Crippen molar-refractivity contribution in [2.24, 2.45) is 0 Å². The van der Waals surface area contributed by atoms with Crippen LogP contribution in [-0.2, 0) is 9.47 Å². The van der Waals surface area contributed by atoms with Crippen LogP contribution in [0.15, 0.2) is 24.3 Å². The fraction of sp³-hybridized carbons (Fsp3) is 0.600. The molecule has 3 nitrogen and oxygen atoms in total. The summed E-state index contributed by atoms with van der Waals surface area (Å²) in [5, 5.41) is 8.43. The van der Waals surface area contributed by atoms with Crippen molar-refractivity contribution in [3.05, 3.63) is 24.3 Å². The lowest BCUT2D eigenvalue weighted by atomic mass is 10.3. The van der Waals surface area contributed by atoms with Crippen LogP contribution in [-0.4, -0.2) is 32.2 Å². The zero-order valence-electron chi connectivity index (χ0n) is 8.11. The van der Waals surface area contributed by atoms with Gasteiger partial charge >= 0.3 is 0 Å². The molecule has 0 fully saturated rings. The standard InChI is InChI=1S/C10H18O3/c1-12-10-13-9-7-5-3-2-4-6-8-11/h4-7,11H,2-3,8-10H2,1H3/b6-4+,7-5-. The highest BCUT2D eigenvalue weighted by Gasteiger charge is 1.79. The minimum absolute atomic E-state index is 0.126. The highest BCUT2D eigenvalue weighted by molar-refractivity contribution is 4.87. The molecule has 0 amide bonds. The Hall–Kier alpha value is -0.640. The lowest BCUT2D eigenvalue weighted by Gasteiger charge is -1.96. The largest absolute Gasteiger partial charge is 0.392 e. The summed E-state index contributed by atoms with van der Waals surface area (Å²) >= 11 is 0. The minimum atomic E-state index is 0.126. The van der Waals surface area contributed by atoms with Gasteiger partial charge in [0.05, 0.1) is 13.2 Å². The van der Waals surface area contributed by atoms with Crippen LogP contribution in [0.1, 0.15) is 12.8 Å². The van der Waals surface area contributed by atoms with Gasteiger partial charge in [-0.3, -0.25) is 0 Å². The molecule has 0 saturated carbocycles. The third kappa shape index (κ3) is 11.4. The number of unbranched alkanes of at least 4 members (excludes halogenated alkanes) is 1. The van der Waals surface area contributed by atoms with Crippen LogP contribution < -0.4 is 0 Å². The first kappa shape index (κ1) is 12.4. The SMILES string of the molecule is COCOC/C=C\CC/C=C/CO. The van der Waals surface area contributed by atoms with Crippen molar-refractivity contribution in [3.63, 3.8) is 0 Å². The lowest BCUT2D eigenvalue weighted by molar-refractivity contribution is -0.0186. The summed E-state index contributed by atoms with van der Waals surface area (Å²) in [6.07, 6.45) is 9.66. The zero-order valence-corrected chi connectivity index (χ0v) is 8.11. The molecule has 0 aromatic heterocycles. The summed E-state index contributed by atoms with van der Waals surface area (Å²) < 4.78 is 9.75. The molecule has 76 valence electrons. The molecule has 0 heterocycles. The van der Waals surface area contributed by atoms with Gasteiger partial charge in [-0.1, -0.05) is 24.3 Å². The summed E-state index contributed by atoms with van der Waals surface area (Å²) in [5.41, 5.74) is 0. The van der Waals surface area contributed by atoms with Gasteiger partial charge in [-0.2, -0.15) is 0 Å². The van der Waals surface area contributed by atoms with Gasteiger partial charge in [0, 0.05) is 7.11 Å². The molecule has 0 atom stereocenters. The molecule has 0 bridgehead atoms. The van der Waals surface area contributed by atoms with Gasteiger partial charge in [0.15, 0.2) is 0 Å². The Morgan fingerprint density at radius 3 is 2.38 bits per heavy atom. The van der Waals surface area contributed by atoms with Crippen LogP contribution in [0, 0.1) is 0 Å². The van der Waals surface area contributed by atoms with E-state index in [1.54, 1.807) is 13.2 Å². The number of methoxy groups -OCH3 is 1. The second-order valence-corrected chi connectivity index (χ2v) is 2.48. The Morgan fingerprint density at radius 2 is 1.77 bits per heavy atom. The van der Waals surface area contributed by atoms with Crippen molar-refractivity contribution in [1.82, 2.24) is 0 Å². The maximum Gasteiger partial charge on any atom is 0.146 e.